The van der Waals surface area contributed by atoms with Crippen LogP contribution >= 0.6 is 0 Å². The standard InChI is InChI=1S/C15H17N3O3/c1-4-10-7-13(16-2)18-15(17-10)9-5-11(19-3)14-12(6-9)20-8-21-14/h5-7H,4,8H2,1-3H3,(H,16,17,18). The van der Waals surface area contributed by atoms with E-state index >= 15 is 0 Å². The molecule has 3 rings (SSSR count). The zero-order valence-electron chi connectivity index (χ0n) is 12.3. The zero-order chi connectivity index (χ0) is 14.8. The van der Waals surface area contributed by atoms with Gasteiger partial charge >= 0.3 is 0 Å². The normalized spacial score (nSPS) is 12.3. The van der Waals surface area contributed by atoms with E-state index in [-0.39, 0.29) is 6.79 Å². The van der Waals surface area contributed by atoms with E-state index in [0.29, 0.717) is 23.1 Å². The summed E-state index contributed by atoms with van der Waals surface area (Å²) >= 11 is 0. The highest BCUT2D eigenvalue weighted by atomic mass is 16.7. The summed E-state index contributed by atoms with van der Waals surface area (Å²) in [5, 5.41) is 3.05. The van der Waals surface area contributed by atoms with Gasteiger partial charge in [-0.3, -0.25) is 0 Å². The number of methoxy groups -OCH3 is 1. The van der Waals surface area contributed by atoms with Crippen molar-refractivity contribution >= 4 is 5.82 Å². The molecule has 0 saturated carbocycles. The lowest BCUT2D eigenvalue weighted by Crippen LogP contribution is -2.00. The first kappa shape index (κ1) is 13.5. The number of aromatic nitrogens is 2. The van der Waals surface area contributed by atoms with Gasteiger partial charge in [-0.05, 0) is 18.6 Å². The van der Waals surface area contributed by atoms with Gasteiger partial charge in [-0.15, -0.1) is 0 Å². The van der Waals surface area contributed by atoms with Crippen molar-refractivity contribution in [2.45, 2.75) is 13.3 Å². The number of rotatable bonds is 4. The lowest BCUT2D eigenvalue weighted by molar-refractivity contribution is 0.171. The monoisotopic (exact) mass is 287 g/mol. The molecule has 0 atom stereocenters. The summed E-state index contributed by atoms with van der Waals surface area (Å²) in [6.07, 6.45) is 0.839. The lowest BCUT2D eigenvalue weighted by Gasteiger charge is -2.10. The van der Waals surface area contributed by atoms with Gasteiger partial charge in [0.1, 0.15) is 5.82 Å². The predicted molar refractivity (Wildman–Crippen MR) is 79.1 cm³/mol. The molecule has 2 aromatic rings. The summed E-state index contributed by atoms with van der Waals surface area (Å²) < 4.78 is 16.2. The van der Waals surface area contributed by atoms with E-state index in [4.69, 9.17) is 14.2 Å². The highest BCUT2D eigenvalue weighted by molar-refractivity contribution is 5.68. The number of nitrogens with one attached hydrogen (secondary N) is 1. The molecule has 1 aromatic heterocycles. The summed E-state index contributed by atoms with van der Waals surface area (Å²) in [6.45, 7) is 2.26. The van der Waals surface area contributed by atoms with E-state index < -0.39 is 0 Å². The van der Waals surface area contributed by atoms with Crippen molar-refractivity contribution in [1.82, 2.24) is 9.97 Å². The van der Waals surface area contributed by atoms with E-state index in [1.165, 1.54) is 0 Å². The maximum Gasteiger partial charge on any atom is 0.231 e. The molecule has 2 heterocycles. The highest BCUT2D eigenvalue weighted by Crippen LogP contribution is 2.43. The largest absolute Gasteiger partial charge is 0.493 e. The van der Waals surface area contributed by atoms with Crippen LogP contribution in [0.25, 0.3) is 11.4 Å². The van der Waals surface area contributed by atoms with Crippen molar-refractivity contribution in [2.75, 3.05) is 26.3 Å². The third-order valence-corrected chi connectivity index (χ3v) is 3.31. The third kappa shape index (κ3) is 2.44. The van der Waals surface area contributed by atoms with Crippen LogP contribution in [0.15, 0.2) is 18.2 Å². The number of hydrogen-bond donors (Lipinski definition) is 1. The minimum atomic E-state index is 0.201. The maximum atomic E-state index is 5.44. The summed E-state index contributed by atoms with van der Waals surface area (Å²) in [6, 6.07) is 5.68. The molecular weight excluding hydrogens is 270 g/mol. The smallest absolute Gasteiger partial charge is 0.231 e. The average Bonchev–Trinajstić information content (AvgIpc) is 3.01. The summed E-state index contributed by atoms with van der Waals surface area (Å²) in [5.41, 5.74) is 1.81. The maximum absolute atomic E-state index is 5.44. The Morgan fingerprint density at radius 1 is 1.24 bits per heavy atom. The molecule has 0 fully saturated rings. The van der Waals surface area contributed by atoms with Crippen LogP contribution in [0.4, 0.5) is 5.82 Å². The van der Waals surface area contributed by atoms with Crippen LogP contribution in [0.2, 0.25) is 0 Å². The zero-order valence-corrected chi connectivity index (χ0v) is 12.3. The Hall–Kier alpha value is -2.50. The Bertz CT molecular complexity index is 651. The van der Waals surface area contributed by atoms with Crippen LogP contribution in [0.1, 0.15) is 12.6 Å². The van der Waals surface area contributed by atoms with Crippen molar-refractivity contribution in [3.8, 4) is 28.6 Å². The first-order valence-corrected chi connectivity index (χ1v) is 6.79. The number of aryl methyl sites for hydroxylation is 1. The predicted octanol–water partition coefficient (Wildman–Crippen LogP) is 2.49. The first-order valence-electron chi connectivity index (χ1n) is 6.79. The Morgan fingerprint density at radius 2 is 2.10 bits per heavy atom. The van der Waals surface area contributed by atoms with Crippen LogP contribution < -0.4 is 19.5 Å². The molecule has 1 aliphatic rings. The van der Waals surface area contributed by atoms with Crippen molar-refractivity contribution in [3.05, 3.63) is 23.9 Å². The average molecular weight is 287 g/mol. The number of nitrogens with zero attached hydrogens (tertiary/aromatic N) is 2. The highest BCUT2D eigenvalue weighted by Gasteiger charge is 2.21. The second-order valence-electron chi connectivity index (χ2n) is 4.58. The molecule has 0 unspecified atom stereocenters. The molecule has 1 N–H and O–H groups in total. The minimum Gasteiger partial charge on any atom is -0.493 e. The lowest BCUT2D eigenvalue weighted by atomic mass is 10.1. The van der Waals surface area contributed by atoms with Gasteiger partial charge in [-0.25, -0.2) is 9.97 Å². The van der Waals surface area contributed by atoms with Crippen LogP contribution in [0.5, 0.6) is 17.2 Å². The Morgan fingerprint density at radius 3 is 2.81 bits per heavy atom. The second-order valence-corrected chi connectivity index (χ2v) is 4.58. The van der Waals surface area contributed by atoms with Gasteiger partial charge in [0.05, 0.1) is 7.11 Å². The minimum absolute atomic E-state index is 0.201. The Kier molecular flexibility index (Phi) is 3.51. The first-order chi connectivity index (χ1) is 10.2. The molecule has 6 nitrogen and oxygen atoms in total. The number of anilines is 1. The molecule has 0 aliphatic carbocycles. The van der Waals surface area contributed by atoms with Crippen molar-refractivity contribution in [3.63, 3.8) is 0 Å². The van der Waals surface area contributed by atoms with Crippen molar-refractivity contribution in [1.29, 1.82) is 0 Å². The van der Waals surface area contributed by atoms with Gasteiger partial charge in [0.15, 0.2) is 17.3 Å². The van der Waals surface area contributed by atoms with Crippen LogP contribution in [-0.4, -0.2) is 30.9 Å². The molecule has 1 aliphatic heterocycles. The molecule has 0 spiro atoms. The quantitative estimate of drug-likeness (QED) is 0.932. The molecular formula is C15H17N3O3. The fraction of sp³-hybridized carbons (Fsp3) is 0.333. The van der Waals surface area contributed by atoms with Crippen LogP contribution in [0, 0.1) is 0 Å². The summed E-state index contributed by atoms with van der Waals surface area (Å²) in [7, 11) is 3.44. The van der Waals surface area contributed by atoms with E-state index in [1.54, 1.807) is 7.11 Å². The molecule has 0 bridgehead atoms. The molecule has 1 aromatic carbocycles. The fourth-order valence-electron chi connectivity index (χ4n) is 2.19. The topological polar surface area (TPSA) is 65.5 Å². The van der Waals surface area contributed by atoms with Crippen LogP contribution in [-0.2, 0) is 6.42 Å². The van der Waals surface area contributed by atoms with E-state index in [0.717, 1.165) is 23.5 Å². The Labute approximate surface area is 123 Å². The SMILES string of the molecule is CCc1cc(NC)nc(-c2cc(OC)c3c(c2)OCO3)n1. The molecule has 0 radical (unpaired) electrons. The Balaban J connectivity index is 2.12. The van der Waals surface area contributed by atoms with Gasteiger partial charge in [-0.1, -0.05) is 6.92 Å². The summed E-state index contributed by atoms with van der Waals surface area (Å²) in [5.74, 6) is 3.32. The van der Waals surface area contributed by atoms with Gasteiger partial charge in [0.25, 0.3) is 0 Å². The van der Waals surface area contributed by atoms with Gasteiger partial charge in [-0.2, -0.15) is 0 Å². The number of fused-ring (bicyclic) bond motifs is 1. The van der Waals surface area contributed by atoms with Crippen molar-refractivity contribution < 1.29 is 14.2 Å². The molecule has 21 heavy (non-hydrogen) atoms. The van der Waals surface area contributed by atoms with Gasteiger partial charge < -0.3 is 19.5 Å². The molecule has 110 valence electrons. The van der Waals surface area contributed by atoms with E-state index in [1.807, 2.05) is 25.2 Å². The van der Waals surface area contributed by atoms with Crippen LogP contribution in [0.3, 0.4) is 0 Å². The van der Waals surface area contributed by atoms with Gasteiger partial charge in [0, 0.05) is 24.4 Å². The van der Waals surface area contributed by atoms with E-state index in [9.17, 15) is 0 Å². The number of ether oxygens (including phenoxy) is 3. The fourth-order valence-corrected chi connectivity index (χ4v) is 2.19. The molecule has 0 saturated heterocycles. The summed E-state index contributed by atoms with van der Waals surface area (Å²) in [4.78, 5) is 9.06. The number of hydrogen-bond acceptors (Lipinski definition) is 6. The van der Waals surface area contributed by atoms with Gasteiger partial charge in [0.2, 0.25) is 12.5 Å². The second kappa shape index (κ2) is 5.47. The van der Waals surface area contributed by atoms with E-state index in [2.05, 4.69) is 22.2 Å². The molecule has 6 heteroatoms. The number of benzene rings is 1. The van der Waals surface area contributed by atoms with Crippen molar-refractivity contribution in [2.24, 2.45) is 0 Å². The molecule has 0 amide bonds. The third-order valence-electron chi connectivity index (χ3n) is 3.31.